The first-order valence-electron chi connectivity index (χ1n) is 27.4. The van der Waals surface area contributed by atoms with Crippen molar-refractivity contribution in [2.75, 3.05) is 14.2 Å². The van der Waals surface area contributed by atoms with Crippen molar-refractivity contribution in [1.82, 2.24) is 40.4 Å². The zero-order valence-corrected chi connectivity index (χ0v) is 43.4. The van der Waals surface area contributed by atoms with Gasteiger partial charge in [0.15, 0.2) is 0 Å². The highest BCUT2D eigenvalue weighted by molar-refractivity contribution is 5.89. The van der Waals surface area contributed by atoms with Crippen LogP contribution in [0, 0.1) is 34.5 Å². The van der Waals surface area contributed by atoms with Crippen molar-refractivity contribution in [3.05, 3.63) is 107 Å². The Labute approximate surface area is 442 Å². The second-order valence-electron chi connectivity index (χ2n) is 21.7. The van der Waals surface area contributed by atoms with Gasteiger partial charge in [0.05, 0.1) is 60.5 Å². The van der Waals surface area contributed by atoms with Gasteiger partial charge in [-0.15, -0.1) is 0 Å². The molecule has 4 heterocycles. The summed E-state index contributed by atoms with van der Waals surface area (Å²) in [7, 11) is 2.55. The molecule has 16 heteroatoms. The first-order chi connectivity index (χ1) is 37.1. The molecule has 6 aromatic rings. The van der Waals surface area contributed by atoms with E-state index in [2.05, 4.69) is 106 Å². The lowest BCUT2D eigenvalue weighted by Gasteiger charge is -2.35. The van der Waals surface area contributed by atoms with E-state index < -0.39 is 24.3 Å². The van der Waals surface area contributed by atoms with E-state index in [1.165, 1.54) is 47.6 Å². The van der Waals surface area contributed by atoms with Crippen molar-refractivity contribution in [3.63, 3.8) is 0 Å². The Bertz CT molecular complexity index is 3060. The zero-order valence-electron chi connectivity index (χ0n) is 43.4. The molecule has 4 bridgehead atoms. The Morgan fingerprint density at radius 1 is 0.605 bits per heavy atom. The number of hydrogen-bond donors (Lipinski definition) is 4. The molecule has 8 atom stereocenters. The average Bonchev–Trinajstić information content (AvgIpc) is 4.27. The number of imidazole rings is 2. The molecule has 4 amide bonds. The number of aryl methyl sites for hydroxylation is 4. The summed E-state index contributed by atoms with van der Waals surface area (Å²) in [5.41, 5.74) is 13.1. The molecule has 0 radical (unpaired) electrons. The SMILES string of the molecule is COC(=O)NC(CCC#N)C(=O)N1C(c2nc3ccc(-c4cc5ccc4CCc4ccc(c(-c6ccc7nc(C8CC9CCCCC9N8C(=O)C(CCC#N)NC(=O)OC)[nH]c7c6)c4)CC5)cc3[nH]2)CC2CCCCC21. The van der Waals surface area contributed by atoms with Crippen molar-refractivity contribution in [3.8, 4) is 34.4 Å². The number of nitrogens with one attached hydrogen (secondary N) is 4. The van der Waals surface area contributed by atoms with Crippen molar-refractivity contribution >= 4 is 46.1 Å². The number of alkyl carbamates (subject to hydrolysis) is 2. The van der Waals surface area contributed by atoms with E-state index in [-0.39, 0.29) is 61.7 Å². The monoisotopic (exact) mass is 1020 g/mol. The Morgan fingerprint density at radius 3 is 1.46 bits per heavy atom. The molecule has 2 saturated heterocycles. The summed E-state index contributed by atoms with van der Waals surface area (Å²) in [6.07, 6.45) is 12.4. The summed E-state index contributed by atoms with van der Waals surface area (Å²) in [5.74, 6) is 1.76. The quantitative estimate of drug-likeness (QED) is 0.0908. The van der Waals surface area contributed by atoms with Crippen LogP contribution in [0.4, 0.5) is 9.59 Å². The topological polar surface area (TPSA) is 222 Å². The Hall–Kier alpha value is -7.72. The maximum absolute atomic E-state index is 14.4. The number of carbonyl (C=O) groups is 4. The average molecular weight is 1020 g/mol. The van der Waals surface area contributed by atoms with Gasteiger partial charge in [-0.3, -0.25) is 9.59 Å². The second kappa shape index (κ2) is 21.9. The van der Waals surface area contributed by atoms with Crippen LogP contribution >= 0.6 is 0 Å². The number of aromatic nitrogens is 4. The lowest BCUT2D eigenvalue weighted by Crippen LogP contribution is -2.51. The predicted octanol–water partition coefficient (Wildman–Crippen LogP) is 10.4. The van der Waals surface area contributed by atoms with Crippen molar-refractivity contribution in [2.45, 2.75) is 152 Å². The normalized spacial score (nSPS) is 22.6. The molecule has 16 nitrogen and oxygen atoms in total. The van der Waals surface area contributed by atoms with Crippen LogP contribution in [0.15, 0.2) is 72.8 Å². The van der Waals surface area contributed by atoms with Crippen LogP contribution in [-0.4, -0.2) is 92.1 Å². The fraction of sp³-hybridized carbons (Fsp3) is 0.467. The summed E-state index contributed by atoms with van der Waals surface area (Å²) in [6.45, 7) is 0. The van der Waals surface area contributed by atoms with Gasteiger partial charge in [0.1, 0.15) is 23.7 Å². The number of amides is 4. The maximum Gasteiger partial charge on any atom is 0.407 e. The molecule has 8 unspecified atom stereocenters. The van der Waals surface area contributed by atoms with E-state index in [4.69, 9.17) is 19.4 Å². The minimum absolute atomic E-state index is 0.0380. The number of H-pyrrole nitrogens is 2. The Morgan fingerprint density at radius 2 is 1.04 bits per heavy atom. The standard InChI is InChI=1S/C60H66N10O6/c1-75-59(73)67-47(11-7-27-61)57(71)69-51-13-5-3-9-41(51)33-53(69)55-63-45-25-23-39(31-49(45)65-55)43-29-35-15-19-37(43)21-17-36-16-20-38(22-18-35)44(30-36)40-24-26-46-50(32-40)66-56(64-46)54-34-42-10-4-6-14-52(42)70(54)58(72)48(12-8-28-62)68-60(74)76-2/h15-16,19-20,23-26,29-32,41-42,47-48,51-54H,3-14,17-18,21-22,33-34H2,1-2H3,(H,63,65)(H,64,66)(H,67,73)(H,68,74). The molecular formula is C60H66N10O6. The minimum Gasteiger partial charge on any atom is -0.453 e. The highest BCUT2D eigenvalue weighted by atomic mass is 16.5. The summed E-state index contributed by atoms with van der Waals surface area (Å²) in [6, 6.07) is 28.7. The van der Waals surface area contributed by atoms with Crippen LogP contribution in [0.1, 0.15) is 136 Å². The van der Waals surface area contributed by atoms with Gasteiger partial charge in [-0.2, -0.15) is 10.5 Å². The number of rotatable bonds is 12. The number of benzene rings is 4. The van der Waals surface area contributed by atoms with E-state index >= 15 is 0 Å². The third-order valence-corrected chi connectivity index (χ3v) is 17.3. The van der Waals surface area contributed by atoms with E-state index in [0.29, 0.717) is 11.8 Å². The van der Waals surface area contributed by atoms with E-state index in [1.807, 2.05) is 9.80 Å². The maximum atomic E-state index is 14.4. The molecule has 4 N–H and O–H groups in total. The van der Waals surface area contributed by atoms with Crippen LogP contribution in [-0.2, 0) is 44.7 Å². The Balaban J connectivity index is 0.844. The van der Waals surface area contributed by atoms with Gasteiger partial charge in [-0.05, 0) is 158 Å². The molecule has 6 aliphatic carbocycles. The van der Waals surface area contributed by atoms with Crippen LogP contribution in [0.2, 0.25) is 0 Å². The van der Waals surface area contributed by atoms with Crippen LogP contribution in [0.3, 0.4) is 0 Å². The number of carbonyl (C=O) groups excluding carboxylic acids is 4. The van der Waals surface area contributed by atoms with Crippen LogP contribution in [0.25, 0.3) is 44.3 Å². The fourth-order valence-electron chi connectivity index (χ4n) is 13.5. The second-order valence-corrected chi connectivity index (χ2v) is 21.7. The van der Waals surface area contributed by atoms with Gasteiger partial charge < -0.3 is 39.9 Å². The summed E-state index contributed by atoms with van der Waals surface area (Å²) in [5, 5.41) is 24.3. The molecule has 8 aliphatic rings. The molecular weight excluding hydrogens is 957 g/mol. The minimum atomic E-state index is -0.872. The number of methoxy groups -OCH3 is 2. The molecule has 4 aromatic carbocycles. The summed E-state index contributed by atoms with van der Waals surface area (Å²) >= 11 is 0. The van der Waals surface area contributed by atoms with Gasteiger partial charge >= 0.3 is 12.2 Å². The molecule has 392 valence electrons. The number of fused-ring (bicyclic) bond motifs is 4. The predicted molar refractivity (Wildman–Crippen MR) is 286 cm³/mol. The number of hydrogen-bond acceptors (Lipinski definition) is 10. The van der Waals surface area contributed by atoms with Crippen molar-refractivity contribution in [1.29, 1.82) is 10.5 Å². The number of nitrogens with zero attached hydrogens (tertiary/aromatic N) is 6. The summed E-state index contributed by atoms with van der Waals surface area (Å²) in [4.78, 5) is 75.2. The molecule has 4 fully saturated rings. The molecule has 2 aromatic heterocycles. The van der Waals surface area contributed by atoms with E-state index in [1.54, 1.807) is 0 Å². The molecule has 76 heavy (non-hydrogen) atoms. The lowest BCUT2D eigenvalue weighted by molar-refractivity contribution is -0.138. The first kappa shape index (κ1) is 50.4. The first-order valence-corrected chi connectivity index (χ1v) is 27.4. The molecule has 2 aliphatic heterocycles. The third kappa shape index (κ3) is 9.97. The van der Waals surface area contributed by atoms with Gasteiger partial charge in [-0.25, -0.2) is 19.6 Å². The van der Waals surface area contributed by atoms with E-state index in [0.717, 1.165) is 135 Å². The molecule has 2 saturated carbocycles. The van der Waals surface area contributed by atoms with Gasteiger partial charge in [0.2, 0.25) is 11.8 Å². The van der Waals surface area contributed by atoms with Crippen LogP contribution in [0.5, 0.6) is 0 Å². The highest BCUT2D eigenvalue weighted by Gasteiger charge is 2.49. The molecule has 0 spiro atoms. The highest BCUT2D eigenvalue weighted by Crippen LogP contribution is 2.48. The van der Waals surface area contributed by atoms with Gasteiger partial charge in [0.25, 0.3) is 0 Å². The van der Waals surface area contributed by atoms with Gasteiger partial charge in [-0.1, -0.05) is 74.2 Å². The van der Waals surface area contributed by atoms with E-state index in [9.17, 15) is 29.7 Å². The number of likely N-dealkylation sites (tertiary alicyclic amines) is 2. The van der Waals surface area contributed by atoms with Crippen LogP contribution < -0.4 is 10.6 Å². The third-order valence-electron chi connectivity index (χ3n) is 17.3. The molecule has 14 rings (SSSR count). The number of ether oxygens (including phenoxy) is 2. The smallest absolute Gasteiger partial charge is 0.407 e. The van der Waals surface area contributed by atoms with Crippen molar-refractivity contribution in [2.24, 2.45) is 11.8 Å². The Kier molecular flexibility index (Phi) is 14.5. The van der Waals surface area contributed by atoms with Gasteiger partial charge in [0, 0.05) is 24.9 Å². The lowest BCUT2D eigenvalue weighted by atomic mass is 9.84. The zero-order chi connectivity index (χ0) is 52.5. The van der Waals surface area contributed by atoms with Crippen molar-refractivity contribution < 1.29 is 28.7 Å². The fourth-order valence-corrected chi connectivity index (χ4v) is 13.5. The largest absolute Gasteiger partial charge is 0.453 e. The number of aromatic amines is 2. The summed E-state index contributed by atoms with van der Waals surface area (Å²) < 4.78 is 9.76. The number of nitriles is 2.